The van der Waals surface area contributed by atoms with Gasteiger partial charge in [-0.3, -0.25) is 4.48 Å². The summed E-state index contributed by atoms with van der Waals surface area (Å²) in [5, 5.41) is 0. The highest BCUT2D eigenvalue weighted by molar-refractivity contribution is 5.77. The molecular formula is C15H29N2+. The highest BCUT2D eigenvalue weighted by Crippen LogP contribution is 2.27. The van der Waals surface area contributed by atoms with Crippen molar-refractivity contribution in [2.24, 2.45) is 10.9 Å². The summed E-state index contributed by atoms with van der Waals surface area (Å²) in [4.78, 5) is 4.78. The first-order valence-corrected chi connectivity index (χ1v) is 7.67. The summed E-state index contributed by atoms with van der Waals surface area (Å²) in [6.07, 6.45) is 9.56. The van der Waals surface area contributed by atoms with Crippen LogP contribution in [0.3, 0.4) is 0 Å². The Morgan fingerprint density at radius 2 is 2.06 bits per heavy atom. The van der Waals surface area contributed by atoms with Crippen molar-refractivity contribution in [1.82, 2.24) is 0 Å². The number of fused-ring (bicyclic) bond motifs is 1. The molecule has 0 aromatic carbocycles. The molecule has 0 spiro atoms. The standard InChI is InChI=1S/C15H29N2/c1-3-14(2)8-4-5-11-17-12-6-9-15(17)16-10-7-13-17/h14H,3-13H2,1-2H3/q+1. The number of nitrogens with zero attached hydrogens (tertiary/aromatic N) is 2. The molecule has 2 nitrogen and oxygen atoms in total. The van der Waals surface area contributed by atoms with E-state index in [0.29, 0.717) is 0 Å². The van der Waals surface area contributed by atoms with Gasteiger partial charge in [-0.1, -0.05) is 26.7 Å². The summed E-state index contributed by atoms with van der Waals surface area (Å²) in [5.74, 6) is 2.46. The molecule has 0 saturated carbocycles. The average molecular weight is 237 g/mol. The zero-order valence-electron chi connectivity index (χ0n) is 11.7. The van der Waals surface area contributed by atoms with E-state index in [2.05, 4.69) is 13.8 Å². The molecule has 0 N–H and O–H groups in total. The lowest BCUT2D eigenvalue weighted by Crippen LogP contribution is -2.52. The molecule has 2 unspecified atom stereocenters. The Bertz CT molecular complexity index is 272. The molecule has 0 amide bonds. The minimum atomic E-state index is 0.920. The molecule has 0 radical (unpaired) electrons. The van der Waals surface area contributed by atoms with Crippen LogP contribution in [-0.2, 0) is 0 Å². The van der Waals surface area contributed by atoms with Gasteiger partial charge in [0.15, 0.2) is 5.84 Å². The van der Waals surface area contributed by atoms with Crippen LogP contribution < -0.4 is 0 Å². The number of hydrogen-bond acceptors (Lipinski definition) is 1. The van der Waals surface area contributed by atoms with Crippen molar-refractivity contribution in [2.75, 3.05) is 26.2 Å². The first-order chi connectivity index (χ1) is 8.27. The van der Waals surface area contributed by atoms with E-state index in [9.17, 15) is 0 Å². The Kier molecular flexibility index (Phi) is 4.61. The van der Waals surface area contributed by atoms with Gasteiger partial charge in [0.25, 0.3) is 0 Å². The van der Waals surface area contributed by atoms with E-state index < -0.39 is 0 Å². The van der Waals surface area contributed by atoms with Crippen LogP contribution in [0, 0.1) is 5.92 Å². The van der Waals surface area contributed by atoms with Crippen molar-refractivity contribution < 1.29 is 4.48 Å². The largest absolute Gasteiger partial charge is 0.279 e. The monoisotopic (exact) mass is 237 g/mol. The fraction of sp³-hybridized carbons (Fsp3) is 0.933. The van der Waals surface area contributed by atoms with Gasteiger partial charge in [0.2, 0.25) is 0 Å². The average Bonchev–Trinajstić information content (AvgIpc) is 2.78. The van der Waals surface area contributed by atoms with Crippen LogP contribution in [0.25, 0.3) is 0 Å². The second kappa shape index (κ2) is 5.99. The van der Waals surface area contributed by atoms with Crippen molar-refractivity contribution in [2.45, 2.75) is 58.8 Å². The molecule has 1 saturated heterocycles. The smallest absolute Gasteiger partial charge is 0.198 e. The van der Waals surface area contributed by atoms with E-state index in [0.717, 1.165) is 12.5 Å². The molecule has 2 heteroatoms. The third-order valence-electron chi connectivity index (χ3n) is 4.80. The fourth-order valence-electron chi connectivity index (χ4n) is 3.42. The van der Waals surface area contributed by atoms with E-state index in [1.54, 1.807) is 5.84 Å². The highest BCUT2D eigenvalue weighted by atomic mass is 15.4. The van der Waals surface area contributed by atoms with E-state index in [4.69, 9.17) is 4.99 Å². The Labute approximate surface area is 107 Å². The van der Waals surface area contributed by atoms with Gasteiger partial charge in [-0.25, -0.2) is 4.99 Å². The van der Waals surface area contributed by atoms with E-state index in [-0.39, 0.29) is 0 Å². The Hall–Kier alpha value is -0.370. The Morgan fingerprint density at radius 3 is 2.88 bits per heavy atom. The Morgan fingerprint density at radius 1 is 1.24 bits per heavy atom. The van der Waals surface area contributed by atoms with Gasteiger partial charge < -0.3 is 0 Å². The number of quaternary nitrogens is 1. The van der Waals surface area contributed by atoms with Gasteiger partial charge in [0.05, 0.1) is 19.6 Å². The van der Waals surface area contributed by atoms with E-state index >= 15 is 0 Å². The first kappa shape index (κ1) is 13.1. The minimum absolute atomic E-state index is 0.920. The molecule has 2 atom stereocenters. The second-order valence-electron chi connectivity index (χ2n) is 6.08. The maximum atomic E-state index is 4.78. The van der Waals surface area contributed by atoms with Crippen molar-refractivity contribution >= 4 is 5.84 Å². The minimum Gasteiger partial charge on any atom is -0.279 e. The number of hydrogen-bond donors (Lipinski definition) is 0. The lowest BCUT2D eigenvalue weighted by Gasteiger charge is -2.36. The lowest BCUT2D eigenvalue weighted by molar-refractivity contribution is -0.837. The molecule has 2 aliphatic heterocycles. The first-order valence-electron chi connectivity index (χ1n) is 7.67. The SMILES string of the molecule is CCC(C)CCCC[N+]12CCCN=C1CCC2. The van der Waals surface area contributed by atoms with E-state index in [1.807, 2.05) is 0 Å². The summed E-state index contributed by atoms with van der Waals surface area (Å²) >= 11 is 0. The molecule has 1 fully saturated rings. The number of rotatable bonds is 6. The third-order valence-corrected chi connectivity index (χ3v) is 4.80. The summed E-state index contributed by atoms with van der Waals surface area (Å²) in [5.41, 5.74) is 0. The van der Waals surface area contributed by atoms with Gasteiger partial charge in [0, 0.05) is 25.8 Å². The number of amidine groups is 1. The summed E-state index contributed by atoms with van der Waals surface area (Å²) in [6.45, 7) is 9.92. The van der Waals surface area contributed by atoms with Crippen LogP contribution in [0.5, 0.6) is 0 Å². The maximum absolute atomic E-state index is 4.78. The molecule has 17 heavy (non-hydrogen) atoms. The molecule has 2 aliphatic rings. The summed E-state index contributed by atoms with van der Waals surface area (Å²) < 4.78 is 1.28. The molecule has 0 bridgehead atoms. The van der Waals surface area contributed by atoms with Gasteiger partial charge in [0.1, 0.15) is 0 Å². The molecule has 0 aromatic heterocycles. The van der Waals surface area contributed by atoms with Crippen LogP contribution in [0.1, 0.15) is 58.8 Å². The van der Waals surface area contributed by atoms with Crippen LogP contribution in [0.2, 0.25) is 0 Å². The highest BCUT2D eigenvalue weighted by Gasteiger charge is 2.39. The summed E-state index contributed by atoms with van der Waals surface area (Å²) in [6, 6.07) is 0. The van der Waals surface area contributed by atoms with Crippen molar-refractivity contribution in [3.8, 4) is 0 Å². The second-order valence-corrected chi connectivity index (χ2v) is 6.08. The molecule has 98 valence electrons. The lowest BCUT2D eigenvalue weighted by atomic mass is 10.0. The van der Waals surface area contributed by atoms with Crippen LogP contribution in [-0.4, -0.2) is 36.5 Å². The quantitative estimate of drug-likeness (QED) is 0.494. The van der Waals surface area contributed by atoms with Crippen LogP contribution in [0.15, 0.2) is 4.99 Å². The number of unbranched alkanes of at least 4 members (excludes halogenated alkanes) is 1. The van der Waals surface area contributed by atoms with E-state index in [1.165, 1.54) is 69.1 Å². The van der Waals surface area contributed by atoms with Crippen LogP contribution >= 0.6 is 0 Å². The Balaban J connectivity index is 1.77. The predicted octanol–water partition coefficient (Wildman–Crippen LogP) is 3.62. The van der Waals surface area contributed by atoms with Gasteiger partial charge in [-0.05, 0) is 18.8 Å². The molecule has 2 rings (SSSR count). The normalized spacial score (nSPS) is 29.9. The van der Waals surface area contributed by atoms with Crippen molar-refractivity contribution in [1.29, 1.82) is 0 Å². The van der Waals surface area contributed by atoms with Crippen molar-refractivity contribution in [3.63, 3.8) is 0 Å². The van der Waals surface area contributed by atoms with Gasteiger partial charge >= 0.3 is 0 Å². The zero-order valence-corrected chi connectivity index (χ0v) is 11.7. The summed E-state index contributed by atoms with van der Waals surface area (Å²) in [7, 11) is 0. The van der Waals surface area contributed by atoms with Crippen LogP contribution in [0.4, 0.5) is 0 Å². The predicted molar refractivity (Wildman–Crippen MR) is 74.3 cm³/mol. The molecular weight excluding hydrogens is 208 g/mol. The topological polar surface area (TPSA) is 12.4 Å². The zero-order chi connectivity index (χ0) is 12.1. The molecule has 2 heterocycles. The molecule has 0 aromatic rings. The van der Waals surface area contributed by atoms with Gasteiger partial charge in [-0.15, -0.1) is 0 Å². The fourth-order valence-corrected chi connectivity index (χ4v) is 3.42. The third kappa shape index (κ3) is 3.09. The number of aliphatic imine (C=N–C) groups is 1. The van der Waals surface area contributed by atoms with Gasteiger partial charge in [-0.2, -0.15) is 0 Å². The maximum Gasteiger partial charge on any atom is 0.198 e. The van der Waals surface area contributed by atoms with Crippen molar-refractivity contribution in [3.05, 3.63) is 0 Å². The molecule has 0 aliphatic carbocycles.